The van der Waals surface area contributed by atoms with Crippen molar-refractivity contribution in [3.8, 4) is 0 Å². The third-order valence-electron chi connectivity index (χ3n) is 1.96. The van der Waals surface area contributed by atoms with Crippen LogP contribution in [0.25, 0.3) is 0 Å². The van der Waals surface area contributed by atoms with Crippen molar-refractivity contribution < 1.29 is 14.9 Å². The van der Waals surface area contributed by atoms with Gasteiger partial charge in [0.25, 0.3) is 0 Å². The van der Waals surface area contributed by atoms with E-state index in [1.54, 1.807) is 30.6 Å². The Morgan fingerprint density at radius 2 is 2.25 bits per heavy atom. The first-order chi connectivity index (χ1) is 7.63. The van der Waals surface area contributed by atoms with Gasteiger partial charge in [0.15, 0.2) is 0 Å². The van der Waals surface area contributed by atoms with E-state index in [2.05, 4.69) is 13.2 Å². The predicted molar refractivity (Wildman–Crippen MR) is 65.9 cm³/mol. The Kier molecular flexibility index (Phi) is 8.21. The average molecular weight is 224 g/mol. The lowest BCUT2D eigenvalue weighted by atomic mass is 10.1. The number of aliphatic hydroxyl groups is 2. The molecule has 0 saturated carbocycles. The maximum absolute atomic E-state index is 8.91. The van der Waals surface area contributed by atoms with Crippen molar-refractivity contribution in [1.82, 2.24) is 0 Å². The highest BCUT2D eigenvalue weighted by Gasteiger charge is 2.10. The fourth-order valence-corrected chi connectivity index (χ4v) is 1.08. The second-order valence-electron chi connectivity index (χ2n) is 3.42. The summed E-state index contributed by atoms with van der Waals surface area (Å²) in [5.74, 6) is 0. The molecule has 0 fully saturated rings. The lowest BCUT2D eigenvalue weighted by molar-refractivity contribution is 0.0761. The van der Waals surface area contributed by atoms with E-state index in [1.165, 1.54) is 0 Å². The molecule has 0 radical (unpaired) electrons. The van der Waals surface area contributed by atoms with E-state index < -0.39 is 0 Å². The van der Waals surface area contributed by atoms with Crippen LogP contribution in [0.15, 0.2) is 49.3 Å². The van der Waals surface area contributed by atoms with Crippen molar-refractivity contribution in [3.63, 3.8) is 0 Å². The lowest BCUT2D eigenvalue weighted by Crippen LogP contribution is -2.18. The zero-order valence-electron chi connectivity index (χ0n) is 9.67. The summed E-state index contributed by atoms with van der Waals surface area (Å²) in [4.78, 5) is 0. The van der Waals surface area contributed by atoms with Crippen LogP contribution in [-0.2, 0) is 4.74 Å². The summed E-state index contributed by atoms with van der Waals surface area (Å²) in [7, 11) is 0. The molecule has 0 spiro atoms. The molecule has 0 saturated heterocycles. The van der Waals surface area contributed by atoms with Gasteiger partial charge < -0.3 is 14.9 Å². The lowest BCUT2D eigenvalue weighted by Gasteiger charge is -2.17. The number of hydrogen-bond acceptors (Lipinski definition) is 3. The summed E-state index contributed by atoms with van der Waals surface area (Å²) in [6, 6.07) is 0. The second kappa shape index (κ2) is 8.95. The third kappa shape index (κ3) is 7.04. The van der Waals surface area contributed by atoms with Gasteiger partial charge in [0.1, 0.15) is 0 Å². The molecule has 1 heterocycles. The first-order valence-electron chi connectivity index (χ1n) is 5.19. The van der Waals surface area contributed by atoms with Crippen molar-refractivity contribution in [3.05, 3.63) is 49.3 Å². The predicted octanol–water partition coefficient (Wildman–Crippen LogP) is 1.95. The molecule has 0 amide bonds. The van der Waals surface area contributed by atoms with E-state index in [9.17, 15) is 0 Å². The van der Waals surface area contributed by atoms with Gasteiger partial charge in [-0.25, -0.2) is 0 Å². The minimum atomic E-state index is -0.293. The molecule has 0 aromatic heterocycles. The number of ether oxygens (including phenoxy) is 1. The Morgan fingerprint density at radius 3 is 2.50 bits per heavy atom. The zero-order valence-corrected chi connectivity index (χ0v) is 9.67. The molecular formula is C13H20O3. The average Bonchev–Trinajstić information content (AvgIpc) is 2.26. The van der Waals surface area contributed by atoms with Crippen LogP contribution in [0.4, 0.5) is 0 Å². The highest BCUT2D eigenvalue weighted by molar-refractivity contribution is 5.20. The van der Waals surface area contributed by atoms with Crippen molar-refractivity contribution in [2.45, 2.75) is 25.6 Å². The standard InChI is InChI=1S/C7H10O.C6H10O2/c1-3-5-7(4-2)6-8;1-5-4-6(7)2-3-8-5/h3-5,8H,1-2,6H2;2-3,5-7H,4H2,1H3/b7-5+;. The number of rotatable bonds is 3. The van der Waals surface area contributed by atoms with E-state index in [-0.39, 0.29) is 18.8 Å². The normalized spacial score (nSPS) is 23.8. The summed E-state index contributed by atoms with van der Waals surface area (Å²) < 4.78 is 5.01. The minimum Gasteiger partial charge on any atom is -0.498 e. The topological polar surface area (TPSA) is 49.7 Å². The zero-order chi connectivity index (χ0) is 12.4. The molecule has 3 nitrogen and oxygen atoms in total. The number of aliphatic hydroxyl groups excluding tert-OH is 2. The smallest absolute Gasteiger partial charge is 0.0978 e. The molecule has 1 aliphatic rings. The van der Waals surface area contributed by atoms with Crippen LogP contribution in [0, 0.1) is 0 Å². The first-order valence-corrected chi connectivity index (χ1v) is 5.19. The summed E-state index contributed by atoms with van der Waals surface area (Å²) in [6.07, 6.45) is 8.74. The Morgan fingerprint density at radius 1 is 1.56 bits per heavy atom. The van der Waals surface area contributed by atoms with Gasteiger partial charge >= 0.3 is 0 Å². The molecule has 3 heteroatoms. The quantitative estimate of drug-likeness (QED) is 0.720. The summed E-state index contributed by atoms with van der Waals surface area (Å²) in [6.45, 7) is 8.91. The molecule has 1 rings (SSSR count). The van der Waals surface area contributed by atoms with Crippen molar-refractivity contribution in [2.24, 2.45) is 0 Å². The summed E-state index contributed by atoms with van der Waals surface area (Å²) >= 11 is 0. The molecule has 0 bridgehead atoms. The number of allylic oxidation sites excluding steroid dienone is 2. The van der Waals surface area contributed by atoms with Gasteiger partial charge in [-0.05, 0) is 18.6 Å². The molecule has 0 aromatic carbocycles. The Hall–Kier alpha value is -1.32. The molecule has 2 atom stereocenters. The molecule has 0 aromatic rings. The third-order valence-corrected chi connectivity index (χ3v) is 1.96. The van der Waals surface area contributed by atoms with Crippen LogP contribution in [-0.4, -0.2) is 29.0 Å². The summed E-state index contributed by atoms with van der Waals surface area (Å²) in [5, 5.41) is 17.4. The van der Waals surface area contributed by atoms with Gasteiger partial charge in [-0.3, -0.25) is 0 Å². The van der Waals surface area contributed by atoms with E-state index in [0.717, 1.165) is 12.0 Å². The molecule has 2 unspecified atom stereocenters. The Bertz CT molecular complexity index is 266. The fraction of sp³-hybridized carbons (Fsp3) is 0.385. The summed E-state index contributed by atoms with van der Waals surface area (Å²) in [5.41, 5.74) is 0.792. The van der Waals surface area contributed by atoms with Crippen molar-refractivity contribution >= 4 is 0 Å². The van der Waals surface area contributed by atoms with E-state index in [4.69, 9.17) is 14.9 Å². The van der Waals surface area contributed by atoms with Crippen LogP contribution in [0.3, 0.4) is 0 Å². The fourth-order valence-electron chi connectivity index (χ4n) is 1.08. The van der Waals surface area contributed by atoms with Gasteiger partial charge in [0.2, 0.25) is 0 Å². The van der Waals surface area contributed by atoms with Crippen LogP contribution in [0.2, 0.25) is 0 Å². The van der Waals surface area contributed by atoms with Gasteiger partial charge in [-0.2, -0.15) is 0 Å². The largest absolute Gasteiger partial charge is 0.498 e. The van der Waals surface area contributed by atoms with Crippen LogP contribution < -0.4 is 0 Å². The number of hydrogen-bond donors (Lipinski definition) is 2. The van der Waals surface area contributed by atoms with Gasteiger partial charge in [0.05, 0.1) is 25.1 Å². The maximum Gasteiger partial charge on any atom is 0.0978 e. The minimum absolute atomic E-state index is 0.0372. The highest BCUT2D eigenvalue weighted by atomic mass is 16.5. The van der Waals surface area contributed by atoms with Crippen LogP contribution in [0.1, 0.15) is 13.3 Å². The monoisotopic (exact) mass is 224 g/mol. The molecular weight excluding hydrogens is 204 g/mol. The SMILES string of the molecule is C=C/C=C(\C=C)CO.CC1CC(O)C=CO1. The van der Waals surface area contributed by atoms with Gasteiger partial charge in [-0.15, -0.1) is 0 Å². The Balaban J connectivity index is 0.000000281. The highest BCUT2D eigenvalue weighted by Crippen LogP contribution is 2.08. The molecule has 16 heavy (non-hydrogen) atoms. The second-order valence-corrected chi connectivity index (χ2v) is 3.42. The van der Waals surface area contributed by atoms with Crippen molar-refractivity contribution in [1.29, 1.82) is 0 Å². The van der Waals surface area contributed by atoms with Crippen LogP contribution >= 0.6 is 0 Å². The molecule has 1 aliphatic heterocycles. The van der Waals surface area contributed by atoms with Crippen molar-refractivity contribution in [2.75, 3.05) is 6.61 Å². The van der Waals surface area contributed by atoms with E-state index in [1.807, 2.05) is 6.92 Å². The maximum atomic E-state index is 8.91. The molecule has 90 valence electrons. The Labute approximate surface area is 97.1 Å². The first kappa shape index (κ1) is 14.7. The van der Waals surface area contributed by atoms with E-state index in [0.29, 0.717) is 0 Å². The van der Waals surface area contributed by atoms with E-state index >= 15 is 0 Å². The van der Waals surface area contributed by atoms with Crippen LogP contribution in [0.5, 0.6) is 0 Å². The molecule has 2 N–H and O–H groups in total. The van der Waals surface area contributed by atoms with Gasteiger partial charge in [0, 0.05) is 6.42 Å². The molecule has 0 aliphatic carbocycles. The van der Waals surface area contributed by atoms with Gasteiger partial charge in [-0.1, -0.05) is 31.4 Å².